The van der Waals surface area contributed by atoms with Crippen LogP contribution < -0.4 is 18.9 Å². The van der Waals surface area contributed by atoms with Crippen LogP contribution in [0, 0.1) is 0 Å². The second-order valence-electron chi connectivity index (χ2n) is 12.7. The lowest BCUT2D eigenvalue weighted by Gasteiger charge is -2.33. The molecule has 0 amide bonds. The lowest BCUT2D eigenvalue weighted by molar-refractivity contribution is 0.205. The number of halogens is 1. The van der Waals surface area contributed by atoms with Crippen LogP contribution >= 0.6 is 15.9 Å². The average Bonchev–Trinajstić information content (AvgIpc) is 3.67. The first-order chi connectivity index (χ1) is 25.0. The predicted molar refractivity (Wildman–Crippen MR) is 209 cm³/mol. The summed E-state index contributed by atoms with van der Waals surface area (Å²) in [6, 6.07) is 23.3. The molecule has 9 nitrogen and oxygen atoms in total. The maximum Gasteiger partial charge on any atom is 0.147 e. The van der Waals surface area contributed by atoms with Crippen molar-refractivity contribution in [1.29, 1.82) is 0 Å². The van der Waals surface area contributed by atoms with Gasteiger partial charge >= 0.3 is 0 Å². The fourth-order valence-electron chi connectivity index (χ4n) is 6.86. The van der Waals surface area contributed by atoms with E-state index in [0.29, 0.717) is 39.5 Å². The van der Waals surface area contributed by atoms with E-state index in [-0.39, 0.29) is 6.04 Å². The Kier molecular flexibility index (Phi) is 12.7. The Morgan fingerprint density at radius 1 is 0.725 bits per heavy atom. The summed E-state index contributed by atoms with van der Waals surface area (Å²) < 4.78 is 27.1. The second kappa shape index (κ2) is 17.8. The lowest BCUT2D eigenvalue weighted by atomic mass is 10.0. The highest BCUT2D eigenvalue weighted by molar-refractivity contribution is 9.10. The van der Waals surface area contributed by atoms with Gasteiger partial charge in [0.2, 0.25) is 0 Å². The van der Waals surface area contributed by atoms with Gasteiger partial charge in [-0.3, -0.25) is 14.9 Å². The number of ether oxygens (including phenoxy) is 4. The van der Waals surface area contributed by atoms with Gasteiger partial charge in [-0.1, -0.05) is 30.3 Å². The van der Waals surface area contributed by atoms with Crippen LogP contribution in [0.3, 0.4) is 0 Å². The number of nitrogens with zero attached hydrogens (tertiary/aromatic N) is 5. The van der Waals surface area contributed by atoms with Crippen molar-refractivity contribution in [2.45, 2.75) is 59.7 Å². The van der Waals surface area contributed by atoms with E-state index in [0.717, 1.165) is 94.9 Å². The Morgan fingerprint density at radius 3 is 1.86 bits per heavy atom. The van der Waals surface area contributed by atoms with Crippen molar-refractivity contribution in [2.75, 3.05) is 52.6 Å². The first kappa shape index (κ1) is 36.5. The third-order valence-corrected chi connectivity index (χ3v) is 9.83. The zero-order valence-corrected chi connectivity index (χ0v) is 31.9. The van der Waals surface area contributed by atoms with Gasteiger partial charge in [0.1, 0.15) is 39.0 Å². The van der Waals surface area contributed by atoms with Crippen molar-refractivity contribution in [3.63, 3.8) is 0 Å². The van der Waals surface area contributed by atoms with E-state index in [4.69, 9.17) is 28.9 Å². The minimum atomic E-state index is 0.282. The molecule has 3 aromatic carbocycles. The zero-order chi connectivity index (χ0) is 35.6. The monoisotopic (exact) mass is 755 g/mol. The molecule has 51 heavy (non-hydrogen) atoms. The molecule has 10 heteroatoms. The van der Waals surface area contributed by atoms with Crippen LogP contribution in [0.2, 0.25) is 0 Å². The van der Waals surface area contributed by atoms with Crippen molar-refractivity contribution in [3.8, 4) is 28.7 Å². The van der Waals surface area contributed by atoms with Gasteiger partial charge in [-0.15, -0.1) is 0 Å². The molecule has 1 saturated heterocycles. The highest BCUT2D eigenvalue weighted by atomic mass is 79.9. The lowest BCUT2D eigenvalue weighted by Crippen LogP contribution is -2.42. The van der Waals surface area contributed by atoms with Gasteiger partial charge in [-0.25, -0.2) is 0 Å². The van der Waals surface area contributed by atoms with Crippen LogP contribution in [0.1, 0.15) is 57.2 Å². The molecule has 1 aromatic heterocycles. The summed E-state index contributed by atoms with van der Waals surface area (Å²) in [5, 5.41) is 0. The zero-order valence-electron chi connectivity index (χ0n) is 30.3. The van der Waals surface area contributed by atoms with E-state index < -0.39 is 0 Å². The van der Waals surface area contributed by atoms with Gasteiger partial charge in [0, 0.05) is 44.1 Å². The Balaban J connectivity index is 1.19. The summed E-state index contributed by atoms with van der Waals surface area (Å²) in [6.07, 6.45) is 6.08. The molecule has 0 bridgehead atoms. The number of aliphatic imine (C=N–C) groups is 2. The number of amidine groups is 1. The van der Waals surface area contributed by atoms with Gasteiger partial charge in [0.05, 0.1) is 51.3 Å². The van der Waals surface area contributed by atoms with Gasteiger partial charge in [-0.2, -0.15) is 0 Å². The minimum Gasteiger partial charge on any atom is -0.493 e. The molecule has 1 fully saturated rings. The third-order valence-electron chi connectivity index (χ3n) is 9.05. The average molecular weight is 757 g/mol. The molecule has 0 radical (unpaired) electrons. The Bertz CT molecular complexity index is 1730. The Labute approximate surface area is 311 Å². The largest absolute Gasteiger partial charge is 0.493 e. The highest BCUT2D eigenvalue weighted by Crippen LogP contribution is 2.37. The molecular weight excluding hydrogens is 706 g/mol. The van der Waals surface area contributed by atoms with E-state index in [1.165, 1.54) is 5.56 Å². The SMILES string of the molecule is CCOc1cc(CN2CCC(N=C3CN=C(c4ccccc4)N(Cc4cc(OCC)c(-n5cccc5)c(OCC)c4)C3)CC2)cc(OCC)c1Br. The Morgan fingerprint density at radius 2 is 1.27 bits per heavy atom. The van der Waals surface area contributed by atoms with Crippen molar-refractivity contribution < 1.29 is 18.9 Å². The Hall–Kier alpha value is -4.28. The van der Waals surface area contributed by atoms with Crippen LogP contribution in [0.4, 0.5) is 0 Å². The number of hydrogen-bond acceptors (Lipinski definition) is 8. The summed E-state index contributed by atoms with van der Waals surface area (Å²) >= 11 is 3.66. The molecule has 0 unspecified atom stereocenters. The van der Waals surface area contributed by atoms with E-state index in [9.17, 15) is 0 Å². The third kappa shape index (κ3) is 9.15. The van der Waals surface area contributed by atoms with Crippen molar-refractivity contribution in [3.05, 3.63) is 100 Å². The molecule has 0 aliphatic carbocycles. The molecule has 2 aliphatic rings. The van der Waals surface area contributed by atoms with Crippen LogP contribution in [0.5, 0.6) is 23.0 Å². The summed E-state index contributed by atoms with van der Waals surface area (Å²) in [5.74, 6) is 4.25. The van der Waals surface area contributed by atoms with Crippen LogP contribution in [-0.4, -0.2) is 84.6 Å². The molecule has 0 saturated carbocycles. The van der Waals surface area contributed by atoms with Crippen molar-refractivity contribution >= 4 is 27.5 Å². The van der Waals surface area contributed by atoms with E-state index in [1.54, 1.807) is 0 Å². The molecular formula is C41H50BrN5O4. The summed E-state index contributed by atoms with van der Waals surface area (Å²) in [6.45, 7) is 15.2. The van der Waals surface area contributed by atoms with Crippen LogP contribution in [0.15, 0.2) is 93.6 Å². The van der Waals surface area contributed by atoms with E-state index in [2.05, 4.69) is 78.8 Å². The summed E-state index contributed by atoms with van der Waals surface area (Å²) in [5.41, 5.74) is 5.45. The van der Waals surface area contributed by atoms with Gasteiger partial charge in [0.25, 0.3) is 0 Å². The molecule has 270 valence electrons. The fourth-order valence-corrected chi connectivity index (χ4v) is 7.32. The number of likely N-dealkylation sites (tertiary alicyclic amines) is 1. The predicted octanol–water partition coefficient (Wildman–Crippen LogP) is 8.20. The first-order valence-electron chi connectivity index (χ1n) is 18.3. The normalized spacial score (nSPS) is 16.3. The summed E-state index contributed by atoms with van der Waals surface area (Å²) in [7, 11) is 0. The summed E-state index contributed by atoms with van der Waals surface area (Å²) in [4.78, 5) is 15.3. The minimum absolute atomic E-state index is 0.282. The second-order valence-corrected chi connectivity index (χ2v) is 13.5. The van der Waals surface area contributed by atoms with Crippen molar-refractivity contribution in [2.24, 2.45) is 9.98 Å². The standard InChI is InChI=1S/C41H50BrN5O4/c1-5-48-35-22-30(23-36(39(35)42)49-6-2)27-45-20-16-33(17-21-45)44-34-26-43-41(32-14-10-9-11-15-32)47(29-34)28-31-24-37(50-7-3)40(38(25-31)51-8-4)46-18-12-13-19-46/h9-15,18-19,22-25,33H,5-8,16-17,20-21,26-29H2,1-4H3. The van der Waals surface area contributed by atoms with Gasteiger partial charge < -0.3 is 28.4 Å². The molecule has 4 aromatic rings. The van der Waals surface area contributed by atoms with Crippen molar-refractivity contribution in [1.82, 2.24) is 14.4 Å². The van der Waals surface area contributed by atoms with Gasteiger partial charge in [-0.05, 0) is 104 Å². The molecule has 6 rings (SSSR count). The smallest absolute Gasteiger partial charge is 0.147 e. The van der Waals surface area contributed by atoms with E-state index in [1.807, 2.05) is 58.3 Å². The number of aromatic nitrogens is 1. The number of hydrogen-bond donors (Lipinski definition) is 0. The van der Waals surface area contributed by atoms with E-state index >= 15 is 0 Å². The molecule has 0 spiro atoms. The maximum absolute atomic E-state index is 6.20. The quantitative estimate of drug-likeness (QED) is 0.122. The molecule has 3 heterocycles. The number of rotatable bonds is 15. The first-order valence-corrected chi connectivity index (χ1v) is 19.0. The van der Waals surface area contributed by atoms with Crippen LogP contribution in [-0.2, 0) is 13.1 Å². The number of piperidine rings is 1. The highest BCUT2D eigenvalue weighted by Gasteiger charge is 2.26. The van der Waals surface area contributed by atoms with Gasteiger partial charge in [0.15, 0.2) is 0 Å². The maximum atomic E-state index is 6.20. The number of benzene rings is 3. The topological polar surface area (TPSA) is 73.0 Å². The molecule has 2 aliphatic heterocycles. The van der Waals surface area contributed by atoms with Crippen LogP contribution in [0.25, 0.3) is 5.69 Å². The fraction of sp³-hybridized carbons (Fsp3) is 0.415. The molecule has 0 N–H and O–H groups in total. The molecule has 0 atom stereocenters.